The predicted octanol–water partition coefficient (Wildman–Crippen LogP) is 1.24. The summed E-state index contributed by atoms with van der Waals surface area (Å²) in [7, 11) is 1.54. The molecule has 26 heavy (non-hydrogen) atoms. The molecule has 3 rings (SSSR count). The lowest BCUT2D eigenvalue weighted by molar-refractivity contribution is -0.140. The summed E-state index contributed by atoms with van der Waals surface area (Å²) in [5.41, 5.74) is 0.239. The number of aryl methyl sites for hydroxylation is 1. The molecule has 7 nitrogen and oxygen atoms in total. The molecule has 0 fully saturated rings. The molecule has 0 radical (unpaired) electrons. The Morgan fingerprint density at radius 1 is 1.23 bits per heavy atom. The van der Waals surface area contributed by atoms with Crippen LogP contribution in [-0.4, -0.2) is 30.6 Å². The van der Waals surface area contributed by atoms with Gasteiger partial charge in [-0.05, 0) is 25.0 Å². The maximum absolute atomic E-state index is 12.1. The zero-order valence-corrected chi connectivity index (χ0v) is 14.6. The van der Waals surface area contributed by atoms with Gasteiger partial charge < -0.3 is 24.9 Å². The van der Waals surface area contributed by atoms with Gasteiger partial charge >= 0.3 is 11.8 Å². The summed E-state index contributed by atoms with van der Waals surface area (Å²) in [6.45, 7) is 0.132. The molecule has 2 amide bonds. The fraction of sp³-hybridized carbons (Fsp3) is 0.368. The van der Waals surface area contributed by atoms with Crippen molar-refractivity contribution in [2.24, 2.45) is 0 Å². The van der Waals surface area contributed by atoms with E-state index in [4.69, 9.17) is 9.15 Å². The number of hydrogen-bond acceptors (Lipinski definition) is 5. The van der Waals surface area contributed by atoms with Crippen LogP contribution in [0.5, 0.6) is 5.75 Å². The molecule has 1 aliphatic rings. The molecule has 0 aliphatic heterocycles. The maximum Gasteiger partial charge on any atom is 0.309 e. The van der Waals surface area contributed by atoms with Crippen LogP contribution in [0.25, 0.3) is 0 Å². The zero-order valence-electron chi connectivity index (χ0n) is 14.6. The van der Waals surface area contributed by atoms with Crippen LogP contribution in [0.15, 0.2) is 41.0 Å². The van der Waals surface area contributed by atoms with E-state index in [1.807, 2.05) is 18.2 Å². The van der Waals surface area contributed by atoms with Crippen LogP contribution in [-0.2, 0) is 28.2 Å². The second kappa shape index (κ2) is 7.61. The number of carbonyl (C=O) groups is 2. The third kappa shape index (κ3) is 3.72. The summed E-state index contributed by atoms with van der Waals surface area (Å²) in [6, 6.07) is 8.95. The number of carbonyl (C=O) groups excluding carboxylic acids is 2. The van der Waals surface area contributed by atoms with Crippen molar-refractivity contribution in [3.05, 3.63) is 53.5 Å². The number of fused-ring (bicyclic) bond motifs is 1. The summed E-state index contributed by atoms with van der Waals surface area (Å²) in [6.07, 6.45) is 3.55. The Morgan fingerprint density at radius 3 is 2.81 bits per heavy atom. The van der Waals surface area contributed by atoms with Crippen molar-refractivity contribution < 1.29 is 23.8 Å². The zero-order chi connectivity index (χ0) is 18.6. The van der Waals surface area contributed by atoms with E-state index >= 15 is 0 Å². The number of hydrogen-bond donors (Lipinski definition) is 3. The normalized spacial score (nSPS) is 18.7. The number of para-hydroxylation sites is 1. The van der Waals surface area contributed by atoms with Crippen LogP contribution >= 0.6 is 0 Å². The fourth-order valence-electron chi connectivity index (χ4n) is 3.22. The van der Waals surface area contributed by atoms with Crippen LogP contribution in [0, 0.1) is 0 Å². The van der Waals surface area contributed by atoms with Crippen molar-refractivity contribution in [2.75, 3.05) is 13.7 Å². The second-order valence-corrected chi connectivity index (χ2v) is 6.32. The van der Waals surface area contributed by atoms with Gasteiger partial charge in [0.2, 0.25) is 0 Å². The number of rotatable bonds is 5. The molecular weight excluding hydrogens is 336 g/mol. The minimum Gasteiger partial charge on any atom is -0.496 e. The Balaban J connectivity index is 1.55. The van der Waals surface area contributed by atoms with Crippen molar-refractivity contribution >= 4 is 11.8 Å². The van der Waals surface area contributed by atoms with Crippen LogP contribution < -0.4 is 15.4 Å². The molecule has 3 N–H and O–H groups in total. The summed E-state index contributed by atoms with van der Waals surface area (Å²) in [5.74, 6) is -0.183. The standard InChI is InChI=1S/C19H22N2O5/c1-25-15-6-3-2-5-13(15)11-20-17(22)18(23)21-12-19(24)9-4-7-16-14(19)8-10-26-16/h2-3,5-6,8,10,24H,4,7,9,11-12H2,1H3,(H,20,22)(H,21,23). The van der Waals surface area contributed by atoms with Crippen molar-refractivity contribution in [1.82, 2.24) is 10.6 Å². The highest BCUT2D eigenvalue weighted by molar-refractivity contribution is 6.35. The van der Waals surface area contributed by atoms with E-state index in [0.29, 0.717) is 17.7 Å². The number of ether oxygens (including phenoxy) is 1. The topological polar surface area (TPSA) is 101 Å². The Hall–Kier alpha value is -2.80. The molecule has 0 bridgehead atoms. The van der Waals surface area contributed by atoms with E-state index in [-0.39, 0.29) is 13.1 Å². The highest BCUT2D eigenvalue weighted by Gasteiger charge is 2.36. The van der Waals surface area contributed by atoms with E-state index in [1.54, 1.807) is 19.2 Å². The maximum atomic E-state index is 12.1. The molecule has 1 aliphatic carbocycles. The van der Waals surface area contributed by atoms with Crippen LogP contribution in [0.3, 0.4) is 0 Å². The molecule has 0 spiro atoms. The predicted molar refractivity (Wildman–Crippen MR) is 93.4 cm³/mol. The first kappa shape index (κ1) is 18.0. The third-order valence-electron chi connectivity index (χ3n) is 4.62. The average molecular weight is 358 g/mol. The van der Waals surface area contributed by atoms with Gasteiger partial charge in [-0.25, -0.2) is 0 Å². The van der Waals surface area contributed by atoms with Crippen LogP contribution in [0.1, 0.15) is 29.7 Å². The molecule has 0 saturated heterocycles. The van der Waals surface area contributed by atoms with Crippen LogP contribution in [0.2, 0.25) is 0 Å². The lowest BCUT2D eigenvalue weighted by Gasteiger charge is -2.31. The van der Waals surface area contributed by atoms with E-state index < -0.39 is 17.4 Å². The second-order valence-electron chi connectivity index (χ2n) is 6.32. The summed E-state index contributed by atoms with van der Waals surface area (Å²) < 4.78 is 10.6. The largest absolute Gasteiger partial charge is 0.496 e. The first-order valence-electron chi connectivity index (χ1n) is 8.50. The Labute approximate surface area is 151 Å². The summed E-state index contributed by atoms with van der Waals surface area (Å²) in [5, 5.41) is 15.9. The van der Waals surface area contributed by atoms with E-state index in [0.717, 1.165) is 24.2 Å². The van der Waals surface area contributed by atoms with Crippen molar-refractivity contribution in [3.8, 4) is 5.75 Å². The molecule has 1 aromatic carbocycles. The average Bonchev–Trinajstić information content (AvgIpc) is 3.15. The lowest BCUT2D eigenvalue weighted by atomic mass is 9.83. The van der Waals surface area contributed by atoms with E-state index in [9.17, 15) is 14.7 Å². The number of methoxy groups -OCH3 is 1. The first-order valence-corrected chi connectivity index (χ1v) is 8.50. The van der Waals surface area contributed by atoms with E-state index in [1.165, 1.54) is 6.26 Å². The van der Waals surface area contributed by atoms with Gasteiger partial charge in [-0.2, -0.15) is 0 Å². The first-order chi connectivity index (χ1) is 12.5. The molecule has 1 heterocycles. The Kier molecular flexibility index (Phi) is 5.27. The van der Waals surface area contributed by atoms with Crippen molar-refractivity contribution in [1.29, 1.82) is 0 Å². The molecule has 1 atom stereocenters. The van der Waals surface area contributed by atoms with Crippen LogP contribution in [0.4, 0.5) is 0 Å². The van der Waals surface area contributed by atoms with Gasteiger partial charge in [-0.15, -0.1) is 0 Å². The number of aliphatic hydroxyl groups is 1. The molecular formula is C19H22N2O5. The number of benzene rings is 1. The number of furan rings is 1. The number of amides is 2. The summed E-state index contributed by atoms with van der Waals surface area (Å²) in [4.78, 5) is 24.1. The fourth-order valence-corrected chi connectivity index (χ4v) is 3.22. The Morgan fingerprint density at radius 2 is 2.00 bits per heavy atom. The quantitative estimate of drug-likeness (QED) is 0.698. The highest BCUT2D eigenvalue weighted by Crippen LogP contribution is 2.35. The van der Waals surface area contributed by atoms with Crippen molar-refractivity contribution in [3.63, 3.8) is 0 Å². The molecule has 1 unspecified atom stereocenters. The van der Waals surface area contributed by atoms with Gasteiger partial charge in [0.15, 0.2) is 0 Å². The SMILES string of the molecule is COc1ccccc1CNC(=O)C(=O)NCC1(O)CCCc2occc21. The molecule has 2 aromatic rings. The smallest absolute Gasteiger partial charge is 0.309 e. The molecule has 1 aromatic heterocycles. The third-order valence-corrected chi connectivity index (χ3v) is 4.62. The van der Waals surface area contributed by atoms with Gasteiger partial charge in [0.1, 0.15) is 17.1 Å². The minimum atomic E-state index is -1.21. The minimum absolute atomic E-state index is 0.0412. The van der Waals surface area contributed by atoms with E-state index in [2.05, 4.69) is 10.6 Å². The van der Waals surface area contributed by atoms with Gasteiger partial charge in [0.05, 0.1) is 19.9 Å². The molecule has 138 valence electrons. The number of nitrogens with one attached hydrogen (secondary N) is 2. The monoisotopic (exact) mass is 358 g/mol. The van der Waals surface area contributed by atoms with Gasteiger partial charge in [-0.3, -0.25) is 9.59 Å². The Bertz CT molecular complexity index is 801. The summed E-state index contributed by atoms with van der Waals surface area (Å²) >= 11 is 0. The van der Waals surface area contributed by atoms with Crippen molar-refractivity contribution in [2.45, 2.75) is 31.4 Å². The lowest BCUT2D eigenvalue weighted by Crippen LogP contribution is -2.47. The molecule has 0 saturated carbocycles. The molecule has 7 heteroatoms. The van der Waals surface area contributed by atoms with Gasteiger partial charge in [-0.1, -0.05) is 18.2 Å². The highest BCUT2D eigenvalue weighted by atomic mass is 16.5. The van der Waals surface area contributed by atoms with Gasteiger partial charge in [0, 0.05) is 24.1 Å². The van der Waals surface area contributed by atoms with Gasteiger partial charge in [0.25, 0.3) is 0 Å².